The highest BCUT2D eigenvalue weighted by Crippen LogP contribution is 2.32. The van der Waals surface area contributed by atoms with Gasteiger partial charge in [-0.1, -0.05) is 39.5 Å². The van der Waals surface area contributed by atoms with E-state index in [-0.39, 0.29) is 0 Å². The van der Waals surface area contributed by atoms with Gasteiger partial charge in [-0.3, -0.25) is 0 Å². The molecule has 1 aliphatic carbocycles. The summed E-state index contributed by atoms with van der Waals surface area (Å²) in [5.74, 6) is 1.70. The van der Waals surface area contributed by atoms with Crippen LogP contribution in [0.25, 0.3) is 0 Å². The summed E-state index contributed by atoms with van der Waals surface area (Å²) in [5, 5.41) is 8.91. The lowest BCUT2D eigenvalue weighted by Crippen LogP contribution is -2.10. The molecule has 0 aliphatic heterocycles. The average Bonchev–Trinajstić information content (AvgIpc) is 2.51. The van der Waals surface area contributed by atoms with Gasteiger partial charge in [0, 0.05) is 5.92 Å². The van der Waals surface area contributed by atoms with Crippen molar-refractivity contribution in [2.75, 3.05) is 0 Å². The Morgan fingerprint density at radius 2 is 1.92 bits per heavy atom. The third kappa shape index (κ3) is 2.52. The predicted molar refractivity (Wildman–Crippen MR) is 50.5 cm³/mol. The fraction of sp³-hybridized carbons (Fsp3) is 0.909. The van der Waals surface area contributed by atoms with Gasteiger partial charge < -0.3 is 0 Å². The van der Waals surface area contributed by atoms with Gasteiger partial charge in [0.2, 0.25) is 0 Å². The summed E-state index contributed by atoms with van der Waals surface area (Å²) in [5.41, 5.74) is 0. The zero-order valence-corrected chi connectivity index (χ0v) is 8.21. The SMILES string of the molecule is CC(C)C(C#N)CC1CCCC1. The van der Waals surface area contributed by atoms with E-state index in [1.54, 1.807) is 0 Å². The Balaban J connectivity index is 2.32. The minimum atomic E-state index is 0.299. The Morgan fingerprint density at radius 1 is 1.33 bits per heavy atom. The Kier molecular flexibility index (Phi) is 3.59. The molecular formula is C11H19N. The molecule has 12 heavy (non-hydrogen) atoms. The van der Waals surface area contributed by atoms with Crippen LogP contribution in [-0.2, 0) is 0 Å². The van der Waals surface area contributed by atoms with Gasteiger partial charge in [-0.05, 0) is 18.3 Å². The zero-order valence-electron chi connectivity index (χ0n) is 8.21. The van der Waals surface area contributed by atoms with Crippen LogP contribution < -0.4 is 0 Å². The highest BCUT2D eigenvalue weighted by atomic mass is 14.3. The monoisotopic (exact) mass is 165 g/mol. The van der Waals surface area contributed by atoms with Crippen molar-refractivity contribution in [3.63, 3.8) is 0 Å². The van der Waals surface area contributed by atoms with Crippen LogP contribution in [0, 0.1) is 29.1 Å². The first-order valence-corrected chi connectivity index (χ1v) is 5.13. The van der Waals surface area contributed by atoms with Crippen LogP contribution in [0.2, 0.25) is 0 Å². The van der Waals surface area contributed by atoms with Crippen molar-refractivity contribution < 1.29 is 0 Å². The van der Waals surface area contributed by atoms with Crippen molar-refractivity contribution in [2.24, 2.45) is 17.8 Å². The molecule has 0 N–H and O–H groups in total. The van der Waals surface area contributed by atoms with E-state index >= 15 is 0 Å². The van der Waals surface area contributed by atoms with Gasteiger partial charge in [0.25, 0.3) is 0 Å². The van der Waals surface area contributed by atoms with Crippen molar-refractivity contribution in [3.8, 4) is 6.07 Å². The fourth-order valence-electron chi connectivity index (χ4n) is 2.08. The number of hydrogen-bond donors (Lipinski definition) is 0. The van der Waals surface area contributed by atoms with Crippen molar-refractivity contribution in [1.82, 2.24) is 0 Å². The maximum absolute atomic E-state index is 8.91. The molecule has 0 aromatic rings. The van der Waals surface area contributed by atoms with Gasteiger partial charge in [0.15, 0.2) is 0 Å². The topological polar surface area (TPSA) is 23.8 Å². The Morgan fingerprint density at radius 3 is 2.33 bits per heavy atom. The predicted octanol–water partition coefficient (Wildman–Crippen LogP) is 3.36. The summed E-state index contributed by atoms with van der Waals surface area (Å²) < 4.78 is 0. The summed E-state index contributed by atoms with van der Waals surface area (Å²) in [6.45, 7) is 4.31. The fourth-order valence-corrected chi connectivity index (χ4v) is 2.08. The Bertz CT molecular complexity index is 160. The standard InChI is InChI=1S/C11H19N/c1-9(2)11(8-12)7-10-5-3-4-6-10/h9-11H,3-7H2,1-2H3. The van der Waals surface area contributed by atoms with Crippen LogP contribution in [0.1, 0.15) is 46.0 Å². The molecule has 0 radical (unpaired) electrons. The molecule has 1 atom stereocenters. The minimum absolute atomic E-state index is 0.299. The Labute approximate surface area is 75.8 Å². The summed E-state index contributed by atoms with van der Waals surface area (Å²) in [6, 6.07) is 2.43. The first-order chi connectivity index (χ1) is 5.74. The van der Waals surface area contributed by atoms with Gasteiger partial charge >= 0.3 is 0 Å². The van der Waals surface area contributed by atoms with Crippen LogP contribution in [0.3, 0.4) is 0 Å². The van der Waals surface area contributed by atoms with Gasteiger partial charge in [0.05, 0.1) is 6.07 Å². The molecular weight excluding hydrogens is 146 g/mol. The molecule has 1 saturated carbocycles. The quantitative estimate of drug-likeness (QED) is 0.629. The molecule has 1 unspecified atom stereocenters. The van der Waals surface area contributed by atoms with Crippen LogP contribution in [0.15, 0.2) is 0 Å². The summed E-state index contributed by atoms with van der Waals surface area (Å²) >= 11 is 0. The molecule has 1 heteroatoms. The second-order valence-electron chi connectivity index (χ2n) is 4.37. The van der Waals surface area contributed by atoms with Crippen LogP contribution in [0.4, 0.5) is 0 Å². The molecule has 0 heterocycles. The summed E-state index contributed by atoms with van der Waals surface area (Å²) in [7, 11) is 0. The van der Waals surface area contributed by atoms with E-state index in [4.69, 9.17) is 5.26 Å². The molecule has 0 aromatic heterocycles. The largest absolute Gasteiger partial charge is 0.198 e. The highest BCUT2D eigenvalue weighted by molar-refractivity contribution is 4.87. The van der Waals surface area contributed by atoms with E-state index in [0.717, 1.165) is 12.3 Å². The number of hydrogen-bond acceptors (Lipinski definition) is 1. The van der Waals surface area contributed by atoms with E-state index in [2.05, 4.69) is 19.9 Å². The van der Waals surface area contributed by atoms with E-state index < -0.39 is 0 Å². The zero-order chi connectivity index (χ0) is 8.97. The van der Waals surface area contributed by atoms with Crippen molar-refractivity contribution in [2.45, 2.75) is 46.0 Å². The van der Waals surface area contributed by atoms with Crippen molar-refractivity contribution >= 4 is 0 Å². The molecule has 0 saturated heterocycles. The van der Waals surface area contributed by atoms with Crippen LogP contribution in [-0.4, -0.2) is 0 Å². The number of nitrogens with zero attached hydrogens (tertiary/aromatic N) is 1. The van der Waals surface area contributed by atoms with Gasteiger partial charge in [-0.2, -0.15) is 5.26 Å². The third-order valence-electron chi connectivity index (χ3n) is 3.03. The van der Waals surface area contributed by atoms with Gasteiger partial charge in [0.1, 0.15) is 0 Å². The van der Waals surface area contributed by atoms with E-state index in [1.807, 2.05) is 0 Å². The summed E-state index contributed by atoms with van der Waals surface area (Å²) in [4.78, 5) is 0. The first kappa shape index (κ1) is 9.58. The smallest absolute Gasteiger partial charge is 0.0658 e. The van der Waals surface area contributed by atoms with Gasteiger partial charge in [-0.15, -0.1) is 0 Å². The average molecular weight is 165 g/mol. The normalized spacial score (nSPS) is 21.2. The van der Waals surface area contributed by atoms with Crippen molar-refractivity contribution in [1.29, 1.82) is 5.26 Å². The Hall–Kier alpha value is -0.510. The van der Waals surface area contributed by atoms with E-state index in [1.165, 1.54) is 25.7 Å². The van der Waals surface area contributed by atoms with E-state index in [0.29, 0.717) is 11.8 Å². The molecule has 1 fully saturated rings. The van der Waals surface area contributed by atoms with Crippen LogP contribution in [0.5, 0.6) is 0 Å². The maximum atomic E-state index is 8.91. The minimum Gasteiger partial charge on any atom is -0.198 e. The molecule has 1 rings (SSSR count). The lowest BCUT2D eigenvalue weighted by Gasteiger charge is -2.16. The second kappa shape index (κ2) is 4.50. The molecule has 1 nitrogen and oxygen atoms in total. The van der Waals surface area contributed by atoms with Crippen molar-refractivity contribution in [3.05, 3.63) is 0 Å². The van der Waals surface area contributed by atoms with E-state index in [9.17, 15) is 0 Å². The van der Waals surface area contributed by atoms with Crippen LogP contribution >= 0.6 is 0 Å². The molecule has 0 spiro atoms. The maximum Gasteiger partial charge on any atom is 0.0658 e. The third-order valence-corrected chi connectivity index (χ3v) is 3.03. The second-order valence-corrected chi connectivity index (χ2v) is 4.37. The number of nitriles is 1. The molecule has 68 valence electrons. The molecule has 0 aromatic carbocycles. The lowest BCUT2D eigenvalue weighted by molar-refractivity contribution is 0.361. The molecule has 0 amide bonds. The lowest BCUT2D eigenvalue weighted by atomic mass is 9.87. The first-order valence-electron chi connectivity index (χ1n) is 5.13. The molecule has 1 aliphatic rings. The summed E-state index contributed by atoms with van der Waals surface area (Å²) in [6.07, 6.45) is 6.66. The number of rotatable bonds is 3. The highest BCUT2D eigenvalue weighted by Gasteiger charge is 2.21. The molecule has 0 bridgehead atoms. The van der Waals surface area contributed by atoms with Gasteiger partial charge in [-0.25, -0.2) is 0 Å².